The monoisotopic (exact) mass is 155 g/mol. The number of hydrogen-bond donors (Lipinski definition) is 0. The van der Waals surface area contributed by atoms with Gasteiger partial charge >= 0.3 is 0 Å². The zero-order valence-corrected chi connectivity index (χ0v) is 6.91. The average Bonchev–Trinajstić information content (AvgIpc) is 2.30. The van der Waals surface area contributed by atoms with Crippen molar-refractivity contribution in [1.29, 1.82) is 0 Å². The molecule has 1 aliphatic carbocycles. The third-order valence-electron chi connectivity index (χ3n) is 1.91. The third kappa shape index (κ3) is 1.11. The van der Waals surface area contributed by atoms with Crippen molar-refractivity contribution < 1.29 is 0 Å². The van der Waals surface area contributed by atoms with Gasteiger partial charge in [0.25, 0.3) is 0 Å². The minimum Gasteiger partial charge on any atom is -0.256 e. The van der Waals surface area contributed by atoms with Crippen molar-refractivity contribution in [3.63, 3.8) is 0 Å². The molecule has 0 aromatic carbocycles. The highest BCUT2D eigenvalue weighted by Gasteiger charge is 2.00. The van der Waals surface area contributed by atoms with Gasteiger partial charge in [0.1, 0.15) is 0 Å². The lowest BCUT2D eigenvalue weighted by Crippen LogP contribution is -1.88. The summed E-state index contributed by atoms with van der Waals surface area (Å²) in [6.45, 7) is 2.08. The predicted octanol–water partition coefficient (Wildman–Crippen LogP) is 2.59. The molecule has 2 rings (SSSR count). The van der Waals surface area contributed by atoms with Crippen LogP contribution in [0.5, 0.6) is 0 Å². The summed E-state index contributed by atoms with van der Waals surface area (Å²) in [6.07, 6.45) is 9.64. The molecule has 1 heteroatoms. The fourth-order valence-corrected chi connectivity index (χ4v) is 1.24. The average molecular weight is 155 g/mol. The van der Waals surface area contributed by atoms with Crippen LogP contribution in [-0.2, 0) is 0 Å². The second kappa shape index (κ2) is 2.80. The van der Waals surface area contributed by atoms with Crippen molar-refractivity contribution in [3.8, 4) is 0 Å². The highest BCUT2D eigenvalue weighted by Crippen LogP contribution is 2.15. The fourth-order valence-electron chi connectivity index (χ4n) is 1.24. The lowest BCUT2D eigenvalue weighted by Gasteiger charge is -2.01. The van der Waals surface area contributed by atoms with Crippen LogP contribution in [0.1, 0.15) is 16.8 Å². The molecule has 0 spiro atoms. The molecule has 0 saturated carbocycles. The van der Waals surface area contributed by atoms with Crippen molar-refractivity contribution >= 4 is 12.2 Å². The van der Waals surface area contributed by atoms with Crippen molar-refractivity contribution in [2.24, 2.45) is 0 Å². The molecule has 0 radical (unpaired) electrons. The third-order valence-corrected chi connectivity index (χ3v) is 1.91. The Morgan fingerprint density at radius 3 is 3.25 bits per heavy atom. The van der Waals surface area contributed by atoms with E-state index in [0.717, 1.165) is 5.69 Å². The molecule has 0 fully saturated rings. The van der Waals surface area contributed by atoms with Gasteiger partial charge in [-0.2, -0.15) is 0 Å². The zero-order chi connectivity index (χ0) is 8.39. The van der Waals surface area contributed by atoms with E-state index in [2.05, 4.69) is 17.6 Å². The fraction of sp³-hybridized carbons (Fsp3) is 0.0909. The van der Waals surface area contributed by atoms with Crippen LogP contribution in [0.3, 0.4) is 0 Å². The van der Waals surface area contributed by atoms with Crippen LogP contribution >= 0.6 is 0 Å². The summed E-state index contributed by atoms with van der Waals surface area (Å²) in [5.74, 6) is 0. The lowest BCUT2D eigenvalue weighted by molar-refractivity contribution is 1.24. The number of allylic oxidation sites excluding steroid dienone is 2. The Balaban J connectivity index is 2.73. The molecule has 1 nitrogen and oxygen atoms in total. The van der Waals surface area contributed by atoms with Crippen LogP contribution in [0.15, 0.2) is 30.1 Å². The quantitative estimate of drug-likeness (QED) is 0.525. The molecule has 1 aromatic heterocycles. The van der Waals surface area contributed by atoms with Gasteiger partial charge in [-0.1, -0.05) is 6.08 Å². The van der Waals surface area contributed by atoms with E-state index in [0.29, 0.717) is 0 Å². The van der Waals surface area contributed by atoms with Gasteiger partial charge in [-0.05, 0) is 36.8 Å². The van der Waals surface area contributed by atoms with E-state index in [1.54, 1.807) is 0 Å². The molecule has 0 saturated heterocycles. The molecule has 0 unspecified atom stereocenters. The van der Waals surface area contributed by atoms with Gasteiger partial charge in [0.05, 0.1) is 5.69 Å². The van der Waals surface area contributed by atoms with Gasteiger partial charge in [0, 0.05) is 11.8 Å². The standard InChI is InChI=1S/C11H9N/c1-9-7-8-12-11-6-4-2-3-5-10(9)11/h2,4-8H,1H3. The summed E-state index contributed by atoms with van der Waals surface area (Å²) in [6, 6.07) is 2.01. The number of nitrogens with zero attached hydrogens (tertiary/aromatic N) is 1. The molecule has 0 bridgehead atoms. The minimum atomic E-state index is 1.02. The van der Waals surface area contributed by atoms with Crippen LogP contribution in [0.25, 0.3) is 12.2 Å². The number of pyridine rings is 1. The Morgan fingerprint density at radius 1 is 1.42 bits per heavy atom. The first-order chi connectivity index (χ1) is 5.88. The first-order valence-corrected chi connectivity index (χ1v) is 3.93. The van der Waals surface area contributed by atoms with Crippen molar-refractivity contribution in [3.05, 3.63) is 47.0 Å². The van der Waals surface area contributed by atoms with Crippen molar-refractivity contribution in [1.82, 2.24) is 4.98 Å². The minimum absolute atomic E-state index is 1.02. The van der Waals surface area contributed by atoms with E-state index >= 15 is 0 Å². The van der Waals surface area contributed by atoms with Crippen molar-refractivity contribution in [2.45, 2.75) is 6.92 Å². The van der Waals surface area contributed by atoms with Gasteiger partial charge in [0.15, 0.2) is 0 Å². The Bertz CT molecular complexity index is 393. The maximum atomic E-state index is 4.26. The molecule has 0 N–H and O–H groups in total. The first kappa shape index (κ1) is 7.08. The van der Waals surface area contributed by atoms with E-state index in [1.165, 1.54) is 11.1 Å². The largest absolute Gasteiger partial charge is 0.256 e. The van der Waals surface area contributed by atoms with Gasteiger partial charge in [0.2, 0.25) is 0 Å². The molecule has 1 heterocycles. The van der Waals surface area contributed by atoms with Crippen LogP contribution < -0.4 is 0 Å². The smallest absolute Gasteiger partial charge is 0.0711 e. The Hall–Kier alpha value is -1.59. The topological polar surface area (TPSA) is 12.9 Å². The number of aromatic nitrogens is 1. The Kier molecular flexibility index (Phi) is 1.65. The second-order valence-corrected chi connectivity index (χ2v) is 2.76. The summed E-state index contributed by atoms with van der Waals surface area (Å²) < 4.78 is 0. The molecule has 12 heavy (non-hydrogen) atoms. The van der Waals surface area contributed by atoms with Crippen LogP contribution in [0.2, 0.25) is 0 Å². The Morgan fingerprint density at radius 2 is 2.33 bits per heavy atom. The first-order valence-electron chi connectivity index (χ1n) is 3.93. The molecule has 58 valence electrons. The molecule has 1 aromatic rings. The maximum Gasteiger partial charge on any atom is 0.0711 e. The SMILES string of the molecule is Cc1ccnc2c1C=C=CC=C2. The summed E-state index contributed by atoms with van der Waals surface area (Å²) in [5, 5.41) is 0. The predicted molar refractivity (Wildman–Crippen MR) is 50.6 cm³/mol. The molecular formula is C11H9N. The second-order valence-electron chi connectivity index (χ2n) is 2.76. The molecule has 0 atom stereocenters. The van der Waals surface area contributed by atoms with Gasteiger partial charge in [-0.25, -0.2) is 0 Å². The molecule has 0 amide bonds. The highest BCUT2D eigenvalue weighted by atomic mass is 14.7. The molecular weight excluding hydrogens is 146 g/mol. The number of hydrogen-bond acceptors (Lipinski definition) is 1. The van der Waals surface area contributed by atoms with Gasteiger partial charge in [-0.3, -0.25) is 4.98 Å². The zero-order valence-electron chi connectivity index (χ0n) is 6.91. The Labute approximate surface area is 71.8 Å². The van der Waals surface area contributed by atoms with Crippen LogP contribution in [-0.4, -0.2) is 4.98 Å². The number of rotatable bonds is 0. The summed E-state index contributed by atoms with van der Waals surface area (Å²) in [4.78, 5) is 4.26. The summed E-state index contributed by atoms with van der Waals surface area (Å²) in [5.41, 5.74) is 6.50. The molecule has 1 aliphatic rings. The van der Waals surface area contributed by atoms with E-state index < -0.39 is 0 Å². The number of fused-ring (bicyclic) bond motifs is 1. The normalized spacial score (nSPS) is 12.8. The van der Waals surface area contributed by atoms with Gasteiger partial charge < -0.3 is 0 Å². The van der Waals surface area contributed by atoms with E-state index in [1.807, 2.05) is 36.6 Å². The van der Waals surface area contributed by atoms with Crippen LogP contribution in [0.4, 0.5) is 0 Å². The van der Waals surface area contributed by atoms with Crippen LogP contribution in [0, 0.1) is 6.92 Å². The lowest BCUT2D eigenvalue weighted by atomic mass is 10.1. The van der Waals surface area contributed by atoms with E-state index in [-0.39, 0.29) is 0 Å². The van der Waals surface area contributed by atoms with E-state index in [4.69, 9.17) is 0 Å². The number of aryl methyl sites for hydroxylation is 1. The van der Waals surface area contributed by atoms with Gasteiger partial charge in [-0.15, -0.1) is 5.73 Å². The summed E-state index contributed by atoms with van der Waals surface area (Å²) >= 11 is 0. The molecule has 0 aliphatic heterocycles. The highest BCUT2D eigenvalue weighted by molar-refractivity contribution is 5.67. The van der Waals surface area contributed by atoms with Crippen molar-refractivity contribution in [2.75, 3.05) is 0 Å². The van der Waals surface area contributed by atoms with E-state index in [9.17, 15) is 0 Å². The summed E-state index contributed by atoms with van der Waals surface area (Å²) in [7, 11) is 0. The maximum absolute atomic E-state index is 4.26.